The van der Waals surface area contributed by atoms with E-state index in [1.807, 2.05) is 104 Å². The van der Waals surface area contributed by atoms with Gasteiger partial charge < -0.3 is 15.6 Å². The minimum Gasteiger partial charge on any atom is -0.381 e. The number of benzene rings is 5. The van der Waals surface area contributed by atoms with E-state index in [9.17, 15) is 66.1 Å². The van der Waals surface area contributed by atoms with E-state index >= 15 is 0 Å². The van der Waals surface area contributed by atoms with Gasteiger partial charge >= 0.3 is 0 Å². The number of carbonyl (C=O) groups is 4. The number of aryl methyl sites for hydroxylation is 5. The van der Waals surface area contributed by atoms with Gasteiger partial charge in [0, 0.05) is 100 Å². The van der Waals surface area contributed by atoms with E-state index in [1.165, 1.54) is 68.3 Å². The van der Waals surface area contributed by atoms with Gasteiger partial charge in [-0.3, -0.25) is 49.7 Å². The van der Waals surface area contributed by atoms with Crippen LogP contribution in [0.3, 0.4) is 0 Å². The number of piperidine rings is 1. The normalized spacial score (nSPS) is 21.2. The number of aromatic nitrogens is 2. The van der Waals surface area contributed by atoms with Gasteiger partial charge in [0.1, 0.15) is 31.7 Å². The Balaban J connectivity index is 0.000000130. The Kier molecular flexibility index (Phi) is 32.0. The average molecular weight is 2150 g/mol. The molecule has 34 nitrogen and oxygen atoms in total. The first-order valence-electron chi connectivity index (χ1n) is 47.0. The summed E-state index contributed by atoms with van der Waals surface area (Å²) in [7, 11) is -17.7. The van der Waals surface area contributed by atoms with Crippen molar-refractivity contribution in [3.63, 3.8) is 0 Å². The number of anilines is 2. The lowest BCUT2D eigenvalue weighted by atomic mass is 9.92. The van der Waals surface area contributed by atoms with Crippen LogP contribution in [-0.4, -0.2) is 240 Å². The summed E-state index contributed by atoms with van der Waals surface area (Å²) in [6.45, 7) is 28.1. The number of sulfone groups is 3. The molecule has 1 aliphatic carbocycles. The van der Waals surface area contributed by atoms with Crippen LogP contribution in [0.1, 0.15) is 139 Å². The van der Waals surface area contributed by atoms with Crippen molar-refractivity contribution in [3.8, 4) is 10.6 Å². The highest BCUT2D eigenvalue weighted by Crippen LogP contribution is 2.44. The number of thiophene rings is 2. The van der Waals surface area contributed by atoms with E-state index in [2.05, 4.69) is 142 Å². The summed E-state index contributed by atoms with van der Waals surface area (Å²) < 4.78 is 129. The number of aliphatic imine (C=N–C) groups is 5. The summed E-state index contributed by atoms with van der Waals surface area (Å²) in [5.74, 6) is -1.93. The molecule has 5 N–H and O–H groups in total. The molecule has 20 rings (SSSR count). The van der Waals surface area contributed by atoms with Gasteiger partial charge in [0.25, 0.3) is 43.3 Å². The van der Waals surface area contributed by atoms with Crippen LogP contribution >= 0.6 is 58.0 Å². The van der Waals surface area contributed by atoms with Crippen LogP contribution in [-0.2, 0) is 88.1 Å². The van der Waals surface area contributed by atoms with Gasteiger partial charge in [-0.15, -0.1) is 32.9 Å². The summed E-state index contributed by atoms with van der Waals surface area (Å²) >= 11 is 4.89. The molecule has 0 saturated carbocycles. The summed E-state index contributed by atoms with van der Waals surface area (Å²) in [4.78, 5) is 86.6. The fraction of sp³-hybridized carbons (Fsp3) is 0.347. The molecule has 0 spiro atoms. The van der Waals surface area contributed by atoms with Crippen LogP contribution in [0.2, 0.25) is 0 Å². The zero-order valence-electron chi connectivity index (χ0n) is 81.6. The van der Waals surface area contributed by atoms with Crippen molar-refractivity contribution < 1.29 is 61.3 Å². The lowest BCUT2D eigenvalue weighted by molar-refractivity contribution is -0.115. The second-order valence-corrected chi connectivity index (χ2v) is 53.6. The zero-order valence-corrected chi connectivity index (χ0v) is 89.7. The number of nitrogens with zero attached hydrogens (tertiary/aromatic N) is 14. The van der Waals surface area contributed by atoms with Crippen LogP contribution < -0.4 is 15.8 Å². The lowest BCUT2D eigenvalue weighted by Gasteiger charge is -2.36. The molecule has 44 heteroatoms. The first-order chi connectivity index (χ1) is 68.7. The fourth-order valence-corrected chi connectivity index (χ4v) is 31.2. The summed E-state index contributed by atoms with van der Waals surface area (Å²) in [5.41, 5.74) is 17.3. The number of nitrogens with one attached hydrogen (secondary N) is 5. The number of dihydropyridines is 1. The molecule has 5 aromatic carbocycles. The van der Waals surface area contributed by atoms with Crippen molar-refractivity contribution in [1.82, 2.24) is 33.7 Å². The first-order valence-corrected chi connectivity index (χ1v) is 59.1. The number of thioether (sulfide) groups is 3. The standard InChI is InChI=1S/C23H26N4O3S2.C21H22N4O3S2.C21H23N3O3S2.C20H23N5O3S2.C16H15N3O3S2/c28-22-7-5-20(24-25-22)21-6-8-23(31-21)32(29,30)27-13-9-17(10-14-27)15-26-12-11-18-3-1-2-4-19(18)16-26;1-11(2)10-30(27,28)21-24-25-18(22)17(19(26)23-20(25)29-21)9-15-13(4)8-14-6-5-12(3)7-16(14)15;1-15-3-4-16(2)19(13-15)23-9-11-24(12-10-23)29(26,27)21-8-7-20(28-21)18-6-5-17(25)14-22-18;1-10(2)9-30(27,28)20-24-25-17(21)15(18(26)23-19(25)29-20)8-14-12(4)22-16-7-11(3)5-6-13(14)16;1-3-9-4-6-10(7-5-9)8-11-12(17)13-15(19-14(11)20)23-16(18-13)24(2,21)22/h1-8,17H,9-16H2,(H,25,28);5-9,11,15,22H,10H2,1-4H3;3-8,13H,9-12,14H2,1-2H3;5-8,10,12,14,21-22H,9H2,1-4H3;4-8,13,17H,3H2,1-2H3/b;17-9-,22-18?;;15-8-,21-17?;11-8+,17-12?. The number of allylic oxidation sites excluding steroid dienone is 3. The molecule has 12 aliphatic rings. The Bertz CT molecular complexity index is 7720. The topological polar surface area (TPSA) is 474 Å². The van der Waals surface area contributed by atoms with E-state index in [-0.39, 0.29) is 122 Å². The van der Waals surface area contributed by atoms with Gasteiger partial charge in [0.15, 0.2) is 31.7 Å². The van der Waals surface area contributed by atoms with Crippen molar-refractivity contribution in [2.24, 2.45) is 52.9 Å². The number of amidine groups is 4. The second-order valence-electron chi connectivity index (χ2n) is 37.5. The van der Waals surface area contributed by atoms with Crippen LogP contribution in [0.15, 0.2) is 235 Å². The number of hydrogen-bond acceptors (Lipinski definition) is 31. The molecule has 0 radical (unpaired) electrons. The second kappa shape index (κ2) is 43.8. The fourth-order valence-electron chi connectivity index (χ4n) is 17.9. The monoisotopic (exact) mass is 2150 g/mol. The summed E-state index contributed by atoms with van der Waals surface area (Å²) in [6.07, 6.45) is 15.1. The van der Waals surface area contributed by atoms with E-state index in [1.54, 1.807) is 63.2 Å². The molecular formula is C101H109N19O15S10. The van der Waals surface area contributed by atoms with Crippen molar-refractivity contribution in [2.75, 3.05) is 86.9 Å². The van der Waals surface area contributed by atoms with Crippen molar-refractivity contribution >= 4 is 206 Å². The molecule has 11 aliphatic heterocycles. The number of piperazine rings is 1. The molecule has 14 heterocycles. The molecular weight excluding hydrogens is 2040 g/mol. The predicted octanol–water partition coefficient (Wildman–Crippen LogP) is 14.6. The van der Waals surface area contributed by atoms with Gasteiger partial charge in [-0.05, 0) is 237 Å². The molecule has 8 aromatic rings. The maximum Gasteiger partial charge on any atom is 0.282 e. The number of fused-ring (bicyclic) bond motifs is 6. The van der Waals surface area contributed by atoms with E-state index in [0.29, 0.717) is 65.0 Å². The third-order valence-electron chi connectivity index (χ3n) is 25.4. The van der Waals surface area contributed by atoms with E-state index in [4.69, 9.17) is 16.2 Å². The molecule has 0 bridgehead atoms. The summed E-state index contributed by atoms with van der Waals surface area (Å²) in [5, 5.41) is 46.1. The Morgan fingerprint density at radius 2 is 1.15 bits per heavy atom. The Morgan fingerprint density at radius 3 is 1.75 bits per heavy atom. The Morgan fingerprint density at radius 1 is 0.572 bits per heavy atom. The molecule has 145 heavy (non-hydrogen) atoms. The highest BCUT2D eigenvalue weighted by atomic mass is 32.3. The third-order valence-corrected chi connectivity index (χ3v) is 41.9. The van der Waals surface area contributed by atoms with Crippen LogP contribution in [0.4, 0.5) is 11.4 Å². The number of aromatic amines is 1. The first kappa shape index (κ1) is 106. The third kappa shape index (κ3) is 24.1. The highest BCUT2D eigenvalue weighted by molar-refractivity contribution is 8.43. The molecule has 2 fully saturated rings. The zero-order chi connectivity index (χ0) is 104. The molecule has 3 aromatic heterocycles. The molecule has 4 unspecified atom stereocenters. The smallest absolute Gasteiger partial charge is 0.282 e. The Labute approximate surface area is 864 Å². The van der Waals surface area contributed by atoms with E-state index in [0.717, 1.165) is 151 Å². The average Bonchev–Trinajstić information content (AvgIpc) is 1.62. The largest absolute Gasteiger partial charge is 0.381 e. The summed E-state index contributed by atoms with van der Waals surface area (Å²) in [6, 6.07) is 44.0. The maximum atomic E-state index is 13.2. The minimum atomic E-state index is -3.60. The lowest BCUT2D eigenvalue weighted by Crippen LogP contribution is -2.48. The number of ketones is 1. The highest BCUT2D eigenvalue weighted by Gasteiger charge is 2.46. The molecule has 2 saturated heterocycles. The number of carbonyl (C=O) groups excluding carboxylic acids is 4. The molecule has 4 atom stereocenters. The van der Waals surface area contributed by atoms with Gasteiger partial charge in [-0.1, -0.05) is 155 Å². The number of amides is 3. The van der Waals surface area contributed by atoms with Gasteiger partial charge in [0.05, 0.1) is 49.4 Å². The maximum absolute atomic E-state index is 13.2. The number of sulfonamides is 2. The van der Waals surface area contributed by atoms with Gasteiger partial charge in [0.2, 0.25) is 38.8 Å². The van der Waals surface area contributed by atoms with Crippen molar-refractivity contribution in [1.29, 1.82) is 16.2 Å². The predicted molar refractivity (Wildman–Crippen MR) is 582 cm³/mol. The SMILES string of the molecule is CC1=Cc2ccc(C)cc2C1/C=C1/C(=N)N2N=C(S(=O)(=O)CC(C)C)SC2=NC1=O.CCc1ccc(/C=C2\C(=N)C3N=C(S(C)(=O)=O)SC3=NC2=O)cc1.Cc1ccc(C)c(N2CCN(S(=O)(=O)c3ccc(C4=NCC(=O)C=C4)s3)CC2)c1.Cc1ccc2c(c1)NC(C)C2/C=C1/C(=N)N2N=C(S(=O)(=O)CC(C)C)SC2=NC1=O.O=c1ccc(-c2ccc(S(=O)(=O)N3CCC(CN4CCc5ccccc5C4)CC3)s2)n[nH]1. The van der Waals surface area contributed by atoms with Crippen LogP contribution in [0.5, 0.6) is 0 Å². The van der Waals surface area contributed by atoms with Crippen LogP contribution in [0.25, 0.3) is 22.7 Å². The number of H-pyrrole nitrogens is 1. The quantitative estimate of drug-likeness (QED) is 0.0529. The van der Waals surface area contributed by atoms with Gasteiger partial charge in [-0.25, -0.2) is 52.2 Å². The number of hydrazone groups is 2. The molecule has 3 amide bonds. The van der Waals surface area contributed by atoms with Crippen molar-refractivity contribution in [2.45, 2.75) is 141 Å². The van der Waals surface area contributed by atoms with E-state index < -0.39 is 73.3 Å². The van der Waals surface area contributed by atoms with Gasteiger partial charge in [-0.2, -0.15) is 33.7 Å². The number of hydrogen-bond donors (Lipinski definition) is 5. The minimum absolute atomic E-state index is 0.0179. The van der Waals surface area contributed by atoms with Crippen LogP contribution in [0, 0.1) is 61.7 Å². The molecule has 758 valence electrons. The van der Waals surface area contributed by atoms with Crippen molar-refractivity contribution in [3.05, 3.63) is 263 Å². The number of rotatable bonds is 17. The Hall–Kier alpha value is -11.7.